The lowest BCUT2D eigenvalue weighted by molar-refractivity contribution is 0.102. The maximum atomic E-state index is 11.6. The number of aryl methyl sites for hydroxylation is 2. The summed E-state index contributed by atoms with van der Waals surface area (Å²) in [7, 11) is -3.79. The molecule has 0 fully saturated rings. The fourth-order valence-corrected chi connectivity index (χ4v) is 8.11. The first-order chi connectivity index (χ1) is 17.2. The minimum atomic E-state index is -3.79. The summed E-state index contributed by atoms with van der Waals surface area (Å²) in [5.41, 5.74) is 3.06. The van der Waals surface area contributed by atoms with Gasteiger partial charge in [-0.05, 0) is 47.9 Å². The summed E-state index contributed by atoms with van der Waals surface area (Å²) < 4.78 is 26.3. The lowest BCUT2D eigenvalue weighted by Crippen LogP contribution is -2.12. The number of thiophene rings is 2. The number of rotatable bonds is 4. The van der Waals surface area contributed by atoms with Crippen molar-refractivity contribution in [2.24, 2.45) is 5.14 Å². The number of carbonyl (C=O) groups is 1. The molecule has 184 valence electrons. The van der Waals surface area contributed by atoms with E-state index in [1.165, 1.54) is 24.7 Å². The van der Waals surface area contributed by atoms with Gasteiger partial charge in [-0.25, -0.2) is 23.1 Å². The highest BCUT2D eigenvalue weighted by Crippen LogP contribution is 2.38. The van der Waals surface area contributed by atoms with Crippen molar-refractivity contribution in [1.29, 1.82) is 0 Å². The number of carbonyl (C=O) groups excluding carboxylic acids is 1. The molecule has 0 radical (unpaired) electrons. The summed E-state index contributed by atoms with van der Waals surface area (Å²) in [6, 6.07) is 16.3. The summed E-state index contributed by atoms with van der Waals surface area (Å²) in [6.07, 6.45) is 1.73. The standard InChI is InChI=1S/C13H10N4O2S3.C11H9BrOS/c1-7-8-4-2-3-5-10(8)20-11(7)9-6-17-12(15-9)21-13(16-17)22(14,18)19;1-7-8-4-2-3-5-10(8)14-11(7)9(13)6-12/h2-6H,1H3,(H2,14,18,19);2-5H,6H2,1H3. The average Bonchev–Trinajstić information content (AvgIpc) is 3.60. The number of primary sulfonamides is 1. The maximum Gasteiger partial charge on any atom is 0.267 e. The van der Waals surface area contributed by atoms with E-state index >= 15 is 0 Å². The van der Waals surface area contributed by atoms with E-state index in [0.717, 1.165) is 37.9 Å². The molecule has 2 aromatic carbocycles. The first-order valence-corrected chi connectivity index (χ1v) is 15.7. The summed E-state index contributed by atoms with van der Waals surface area (Å²) >= 11 is 7.41. The molecule has 0 bridgehead atoms. The van der Waals surface area contributed by atoms with E-state index in [0.29, 0.717) is 10.3 Å². The second-order valence-corrected chi connectivity index (χ2v) is 13.3. The van der Waals surface area contributed by atoms with Crippen LogP contribution in [-0.4, -0.2) is 34.1 Å². The number of fused-ring (bicyclic) bond motifs is 3. The molecule has 0 aliphatic heterocycles. The SMILES string of the molecule is Cc1c(-c2cn3nc(S(N)(=O)=O)sc3n2)sc2ccccc12.Cc1c(C(=O)CBr)sc2ccccc12. The molecule has 0 saturated heterocycles. The molecule has 36 heavy (non-hydrogen) atoms. The van der Waals surface area contributed by atoms with Crippen LogP contribution in [0.2, 0.25) is 0 Å². The van der Waals surface area contributed by atoms with Gasteiger partial charge in [-0.15, -0.1) is 27.8 Å². The molecule has 2 N–H and O–H groups in total. The van der Waals surface area contributed by atoms with E-state index in [1.807, 2.05) is 31.2 Å². The van der Waals surface area contributed by atoms with Crippen molar-refractivity contribution < 1.29 is 13.2 Å². The molecule has 7 nitrogen and oxygen atoms in total. The van der Waals surface area contributed by atoms with E-state index < -0.39 is 10.0 Å². The molecule has 0 aliphatic rings. The van der Waals surface area contributed by atoms with E-state index in [9.17, 15) is 13.2 Å². The van der Waals surface area contributed by atoms with Crippen LogP contribution >= 0.6 is 49.9 Å². The van der Waals surface area contributed by atoms with Crippen molar-refractivity contribution in [3.05, 3.63) is 70.7 Å². The Morgan fingerprint density at radius 1 is 0.972 bits per heavy atom. The van der Waals surface area contributed by atoms with E-state index in [4.69, 9.17) is 5.14 Å². The lowest BCUT2D eigenvalue weighted by Gasteiger charge is -1.93. The largest absolute Gasteiger partial charge is 0.292 e. The summed E-state index contributed by atoms with van der Waals surface area (Å²) in [5.74, 6) is 0.170. The average molecular weight is 620 g/mol. The predicted octanol–water partition coefficient (Wildman–Crippen LogP) is 6.42. The third kappa shape index (κ3) is 4.64. The third-order valence-electron chi connectivity index (χ3n) is 5.56. The Hall–Kier alpha value is -2.48. The lowest BCUT2D eigenvalue weighted by atomic mass is 10.1. The van der Waals surface area contributed by atoms with Gasteiger partial charge >= 0.3 is 0 Å². The number of aromatic nitrogens is 3. The topological polar surface area (TPSA) is 107 Å². The van der Waals surface area contributed by atoms with Crippen molar-refractivity contribution in [3.8, 4) is 10.6 Å². The first kappa shape index (κ1) is 25.2. The zero-order valence-electron chi connectivity index (χ0n) is 19.1. The summed E-state index contributed by atoms with van der Waals surface area (Å²) in [6.45, 7) is 4.07. The van der Waals surface area contributed by atoms with Gasteiger partial charge in [0.15, 0.2) is 5.78 Å². The highest BCUT2D eigenvalue weighted by atomic mass is 79.9. The minimum Gasteiger partial charge on any atom is -0.292 e. The van der Waals surface area contributed by atoms with Crippen molar-refractivity contribution in [1.82, 2.24) is 14.6 Å². The zero-order chi connectivity index (χ0) is 25.6. The number of ketones is 1. The van der Waals surface area contributed by atoms with Crippen LogP contribution in [0.5, 0.6) is 0 Å². The number of benzene rings is 2. The molecule has 6 rings (SSSR count). The molecular formula is C24H19BrN4O3S4. The smallest absolute Gasteiger partial charge is 0.267 e. The van der Waals surface area contributed by atoms with Crippen LogP contribution in [0.4, 0.5) is 0 Å². The molecule has 0 aliphatic carbocycles. The number of halogens is 1. The molecule has 0 amide bonds. The molecule has 4 aromatic heterocycles. The van der Waals surface area contributed by atoms with Gasteiger partial charge in [0.2, 0.25) is 9.30 Å². The molecule has 12 heteroatoms. The molecule has 0 unspecified atom stereocenters. The molecule has 0 saturated carbocycles. The van der Waals surface area contributed by atoms with Crippen LogP contribution in [0.3, 0.4) is 0 Å². The number of hydrogen-bond donors (Lipinski definition) is 1. The molecule has 0 atom stereocenters. The van der Waals surface area contributed by atoms with Crippen molar-refractivity contribution >= 4 is 90.9 Å². The number of Topliss-reactive ketones (excluding diaryl/α,β-unsaturated/α-hetero) is 1. The van der Waals surface area contributed by atoms with Crippen LogP contribution in [0.15, 0.2) is 59.1 Å². The Labute approximate surface area is 227 Å². The Balaban J connectivity index is 0.000000165. The maximum absolute atomic E-state index is 11.6. The Kier molecular flexibility index (Phi) is 6.83. The predicted molar refractivity (Wildman–Crippen MR) is 152 cm³/mol. The molecule has 4 heterocycles. The van der Waals surface area contributed by atoms with Crippen LogP contribution < -0.4 is 5.14 Å². The number of alkyl halides is 1. The van der Waals surface area contributed by atoms with Gasteiger partial charge in [-0.1, -0.05) is 63.7 Å². The highest BCUT2D eigenvalue weighted by molar-refractivity contribution is 9.09. The monoisotopic (exact) mass is 618 g/mol. The number of hydrogen-bond acceptors (Lipinski definition) is 8. The fraction of sp³-hybridized carbons (Fsp3) is 0.125. The Morgan fingerprint density at radius 2 is 1.58 bits per heavy atom. The molecular weight excluding hydrogens is 600 g/mol. The van der Waals surface area contributed by atoms with Gasteiger partial charge in [-0.2, -0.15) is 0 Å². The number of imidazole rings is 1. The van der Waals surface area contributed by atoms with Crippen LogP contribution in [0, 0.1) is 13.8 Å². The van der Waals surface area contributed by atoms with Crippen LogP contribution in [-0.2, 0) is 10.0 Å². The van der Waals surface area contributed by atoms with Crippen LogP contribution in [0.25, 0.3) is 35.7 Å². The van der Waals surface area contributed by atoms with Crippen LogP contribution in [0.1, 0.15) is 20.8 Å². The number of sulfonamides is 1. The number of nitrogens with zero attached hydrogens (tertiary/aromatic N) is 3. The van der Waals surface area contributed by atoms with Gasteiger partial charge in [0.25, 0.3) is 10.0 Å². The third-order valence-corrected chi connectivity index (χ3v) is 10.9. The summed E-state index contributed by atoms with van der Waals surface area (Å²) in [4.78, 5) is 18.5. The first-order valence-electron chi connectivity index (χ1n) is 10.6. The van der Waals surface area contributed by atoms with Gasteiger partial charge in [-0.3, -0.25) is 4.79 Å². The van der Waals surface area contributed by atoms with Crippen molar-refractivity contribution in [2.75, 3.05) is 5.33 Å². The van der Waals surface area contributed by atoms with E-state index in [2.05, 4.69) is 57.2 Å². The normalized spacial score (nSPS) is 11.8. The quantitative estimate of drug-likeness (QED) is 0.181. The van der Waals surface area contributed by atoms with Crippen molar-refractivity contribution in [3.63, 3.8) is 0 Å². The van der Waals surface area contributed by atoms with Gasteiger partial charge in [0.05, 0.1) is 21.3 Å². The Morgan fingerprint density at radius 3 is 2.14 bits per heavy atom. The van der Waals surface area contributed by atoms with E-state index in [-0.39, 0.29) is 10.1 Å². The van der Waals surface area contributed by atoms with Gasteiger partial charge in [0.1, 0.15) is 5.69 Å². The van der Waals surface area contributed by atoms with Gasteiger partial charge < -0.3 is 0 Å². The number of nitrogens with two attached hydrogens (primary N) is 1. The second kappa shape index (κ2) is 9.77. The summed E-state index contributed by atoms with van der Waals surface area (Å²) in [5, 5.41) is 11.9. The fourth-order valence-electron chi connectivity index (χ4n) is 3.83. The highest BCUT2D eigenvalue weighted by Gasteiger charge is 2.19. The minimum absolute atomic E-state index is 0.130. The van der Waals surface area contributed by atoms with E-state index in [1.54, 1.807) is 28.9 Å². The zero-order valence-corrected chi connectivity index (χ0v) is 23.9. The van der Waals surface area contributed by atoms with Gasteiger partial charge in [0, 0.05) is 9.40 Å². The molecule has 0 spiro atoms. The second-order valence-electron chi connectivity index (χ2n) is 7.93. The van der Waals surface area contributed by atoms with Crippen molar-refractivity contribution in [2.45, 2.75) is 18.2 Å². The molecule has 6 aromatic rings. The Bertz CT molecular complexity index is 1830.